The Bertz CT molecular complexity index is 1020. The number of aliphatic hydroxyl groups excluding tert-OH is 1. The standard InChI is InChI=1S/C20H20Cl2N4O3/c21-12-5-11(19(28)14(22)6-12)9-26-10-13(27)7-17(26)20(29)23-8-18-24-15-3-1-2-4-16(15)25-18/h1-6,13,17,27-28H,7-10H2,(H,23,29)(H,24,25). The van der Waals surface area contributed by atoms with Gasteiger partial charge in [-0.05, 0) is 30.7 Å². The predicted octanol–water partition coefficient (Wildman–Crippen LogP) is 2.83. The van der Waals surface area contributed by atoms with Crippen LogP contribution in [0.5, 0.6) is 5.75 Å². The number of benzene rings is 2. The zero-order valence-electron chi connectivity index (χ0n) is 15.4. The number of phenolic OH excluding ortho intramolecular Hbond substituents is 1. The number of hydrogen-bond acceptors (Lipinski definition) is 5. The van der Waals surface area contributed by atoms with E-state index in [1.165, 1.54) is 6.07 Å². The van der Waals surface area contributed by atoms with Crippen molar-refractivity contribution in [2.75, 3.05) is 6.54 Å². The minimum atomic E-state index is -0.631. The van der Waals surface area contributed by atoms with Crippen LogP contribution < -0.4 is 5.32 Å². The van der Waals surface area contributed by atoms with Crippen LogP contribution in [0.4, 0.5) is 0 Å². The number of likely N-dealkylation sites (tertiary alicyclic amines) is 1. The average Bonchev–Trinajstić information content (AvgIpc) is 3.26. The number of aromatic hydroxyl groups is 1. The molecule has 9 heteroatoms. The van der Waals surface area contributed by atoms with Gasteiger partial charge in [-0.1, -0.05) is 35.3 Å². The summed E-state index contributed by atoms with van der Waals surface area (Å²) in [4.78, 5) is 22.2. The highest BCUT2D eigenvalue weighted by Gasteiger charge is 2.36. The maximum Gasteiger partial charge on any atom is 0.237 e. The number of nitrogens with zero attached hydrogens (tertiary/aromatic N) is 2. The monoisotopic (exact) mass is 434 g/mol. The van der Waals surface area contributed by atoms with E-state index >= 15 is 0 Å². The average molecular weight is 435 g/mol. The summed E-state index contributed by atoms with van der Waals surface area (Å²) in [5.41, 5.74) is 2.25. The summed E-state index contributed by atoms with van der Waals surface area (Å²) in [5.74, 6) is 0.373. The van der Waals surface area contributed by atoms with Crippen LogP contribution in [0.1, 0.15) is 17.8 Å². The topological polar surface area (TPSA) is 101 Å². The van der Waals surface area contributed by atoms with Crippen molar-refractivity contribution in [1.29, 1.82) is 0 Å². The second-order valence-corrected chi connectivity index (χ2v) is 7.99. The Hall–Kier alpha value is -2.32. The summed E-state index contributed by atoms with van der Waals surface area (Å²) in [7, 11) is 0. The van der Waals surface area contributed by atoms with Gasteiger partial charge in [0.15, 0.2) is 0 Å². The van der Waals surface area contributed by atoms with Crippen molar-refractivity contribution in [1.82, 2.24) is 20.2 Å². The summed E-state index contributed by atoms with van der Waals surface area (Å²) in [6.45, 7) is 0.806. The molecular formula is C20H20Cl2N4O3. The van der Waals surface area contributed by atoms with E-state index in [0.717, 1.165) is 11.0 Å². The van der Waals surface area contributed by atoms with E-state index in [2.05, 4.69) is 15.3 Å². The zero-order valence-corrected chi connectivity index (χ0v) is 16.9. The summed E-state index contributed by atoms with van der Waals surface area (Å²) in [5, 5.41) is 23.7. The lowest BCUT2D eigenvalue weighted by molar-refractivity contribution is -0.125. The van der Waals surface area contributed by atoms with Crippen molar-refractivity contribution in [3.8, 4) is 5.75 Å². The molecule has 3 aromatic rings. The minimum Gasteiger partial charge on any atom is -0.506 e. The van der Waals surface area contributed by atoms with Crippen molar-refractivity contribution in [2.24, 2.45) is 0 Å². The van der Waals surface area contributed by atoms with E-state index in [9.17, 15) is 15.0 Å². The highest BCUT2D eigenvalue weighted by atomic mass is 35.5. The number of aliphatic hydroxyl groups is 1. The van der Waals surface area contributed by atoms with Crippen LogP contribution in [-0.4, -0.2) is 49.7 Å². The lowest BCUT2D eigenvalue weighted by Crippen LogP contribution is -2.42. The minimum absolute atomic E-state index is 0.0705. The number of amides is 1. The molecule has 0 saturated carbocycles. The summed E-state index contributed by atoms with van der Waals surface area (Å²) in [6.07, 6.45) is -0.324. The molecule has 0 aliphatic carbocycles. The Kier molecular flexibility index (Phi) is 5.65. The molecule has 0 spiro atoms. The van der Waals surface area contributed by atoms with Crippen LogP contribution in [0, 0.1) is 0 Å². The first-order valence-corrected chi connectivity index (χ1v) is 9.96. The summed E-state index contributed by atoms with van der Waals surface area (Å²) < 4.78 is 0. The number of aromatic nitrogens is 2. The molecule has 2 unspecified atom stereocenters. The molecule has 29 heavy (non-hydrogen) atoms. The molecule has 1 amide bonds. The smallest absolute Gasteiger partial charge is 0.237 e. The van der Waals surface area contributed by atoms with Gasteiger partial charge in [0, 0.05) is 23.7 Å². The molecule has 2 heterocycles. The van der Waals surface area contributed by atoms with Gasteiger partial charge in [0.1, 0.15) is 11.6 Å². The molecule has 2 atom stereocenters. The Morgan fingerprint density at radius 3 is 2.90 bits per heavy atom. The molecular weight excluding hydrogens is 415 g/mol. The molecule has 4 N–H and O–H groups in total. The van der Waals surface area contributed by atoms with Crippen LogP contribution in [0.2, 0.25) is 10.0 Å². The second kappa shape index (κ2) is 8.20. The molecule has 152 valence electrons. The largest absolute Gasteiger partial charge is 0.506 e. The number of phenols is 1. The number of halogens is 2. The van der Waals surface area contributed by atoms with Crippen molar-refractivity contribution in [3.05, 3.63) is 57.8 Å². The third-order valence-electron chi connectivity index (χ3n) is 5.03. The van der Waals surface area contributed by atoms with Gasteiger partial charge in [-0.2, -0.15) is 0 Å². The number of fused-ring (bicyclic) bond motifs is 1. The zero-order chi connectivity index (χ0) is 20.5. The molecule has 1 aliphatic heterocycles. The number of nitrogens with one attached hydrogen (secondary N) is 2. The maximum atomic E-state index is 12.8. The summed E-state index contributed by atoms with van der Waals surface area (Å²) >= 11 is 12.0. The van der Waals surface area contributed by atoms with Gasteiger partial charge in [0.05, 0.1) is 34.7 Å². The van der Waals surface area contributed by atoms with Crippen LogP contribution in [-0.2, 0) is 17.9 Å². The van der Waals surface area contributed by atoms with Crippen molar-refractivity contribution in [3.63, 3.8) is 0 Å². The van der Waals surface area contributed by atoms with Gasteiger partial charge in [-0.3, -0.25) is 9.69 Å². The van der Waals surface area contributed by atoms with E-state index in [1.807, 2.05) is 24.3 Å². The van der Waals surface area contributed by atoms with Crippen LogP contribution in [0.3, 0.4) is 0 Å². The quantitative estimate of drug-likeness (QED) is 0.494. The number of carbonyl (C=O) groups is 1. The van der Waals surface area contributed by atoms with Gasteiger partial charge < -0.3 is 20.5 Å². The Morgan fingerprint density at radius 2 is 2.10 bits per heavy atom. The predicted molar refractivity (Wildman–Crippen MR) is 111 cm³/mol. The SMILES string of the molecule is O=C(NCc1nc2ccccc2[nH]1)C1CC(O)CN1Cc1cc(Cl)cc(Cl)c1O. The van der Waals surface area contributed by atoms with E-state index in [-0.39, 0.29) is 29.8 Å². The molecule has 0 bridgehead atoms. The third-order valence-corrected chi connectivity index (χ3v) is 5.54. The van der Waals surface area contributed by atoms with E-state index in [0.29, 0.717) is 29.4 Å². The number of para-hydroxylation sites is 2. The number of H-pyrrole nitrogens is 1. The molecule has 1 saturated heterocycles. The molecule has 2 aromatic carbocycles. The number of β-amino-alcohol motifs (C(OH)–C–C–N with tert-alkyl or cyclic N) is 1. The fourth-order valence-electron chi connectivity index (χ4n) is 3.66. The van der Waals surface area contributed by atoms with Gasteiger partial charge in [-0.25, -0.2) is 4.98 Å². The highest BCUT2D eigenvalue weighted by Crippen LogP contribution is 2.33. The number of aromatic amines is 1. The van der Waals surface area contributed by atoms with Crippen molar-refractivity contribution in [2.45, 2.75) is 31.7 Å². The lowest BCUT2D eigenvalue weighted by Gasteiger charge is -2.24. The van der Waals surface area contributed by atoms with Crippen molar-refractivity contribution < 1.29 is 15.0 Å². The second-order valence-electron chi connectivity index (χ2n) is 7.15. The first kappa shape index (κ1) is 20.0. The molecule has 7 nitrogen and oxygen atoms in total. The van der Waals surface area contributed by atoms with Crippen molar-refractivity contribution >= 4 is 40.1 Å². The maximum absolute atomic E-state index is 12.8. The molecule has 1 fully saturated rings. The molecule has 4 rings (SSSR count). The first-order chi connectivity index (χ1) is 13.9. The number of rotatable bonds is 5. The normalized spacial score (nSPS) is 19.7. The lowest BCUT2D eigenvalue weighted by atomic mass is 10.1. The van der Waals surface area contributed by atoms with Crippen LogP contribution in [0.15, 0.2) is 36.4 Å². The van der Waals surface area contributed by atoms with Gasteiger partial charge in [0.25, 0.3) is 0 Å². The summed E-state index contributed by atoms with van der Waals surface area (Å²) in [6, 6.07) is 10.2. The fraction of sp³-hybridized carbons (Fsp3) is 0.300. The fourth-order valence-corrected chi connectivity index (χ4v) is 4.20. The van der Waals surface area contributed by atoms with Crippen LogP contribution >= 0.6 is 23.2 Å². The number of imidazole rings is 1. The first-order valence-electron chi connectivity index (χ1n) is 9.21. The van der Waals surface area contributed by atoms with E-state index < -0.39 is 12.1 Å². The third kappa shape index (κ3) is 4.33. The molecule has 1 aromatic heterocycles. The Balaban J connectivity index is 1.45. The molecule has 1 aliphatic rings. The Labute approximate surface area is 177 Å². The number of hydrogen-bond donors (Lipinski definition) is 4. The van der Waals surface area contributed by atoms with Crippen LogP contribution in [0.25, 0.3) is 11.0 Å². The highest BCUT2D eigenvalue weighted by molar-refractivity contribution is 6.35. The number of carbonyl (C=O) groups excluding carboxylic acids is 1. The molecule has 0 radical (unpaired) electrons. The van der Waals surface area contributed by atoms with Gasteiger partial charge in [-0.15, -0.1) is 0 Å². The van der Waals surface area contributed by atoms with E-state index in [4.69, 9.17) is 23.2 Å². The van der Waals surface area contributed by atoms with Gasteiger partial charge >= 0.3 is 0 Å². The van der Waals surface area contributed by atoms with Gasteiger partial charge in [0.2, 0.25) is 5.91 Å². The Morgan fingerprint density at radius 1 is 1.31 bits per heavy atom. The van der Waals surface area contributed by atoms with E-state index in [1.54, 1.807) is 11.0 Å².